The van der Waals surface area contributed by atoms with Crippen LogP contribution in [0.1, 0.15) is 50.0 Å². The highest BCUT2D eigenvalue weighted by atomic mass is 31.2. The number of methoxy groups -OCH3 is 1. The number of ketones is 2. The molecule has 1 unspecified atom stereocenters. The number of aromatic nitrogens is 1. The molecule has 5 N–H and O–H groups in total. The number of ether oxygens (including phenoxy) is 1. The van der Waals surface area contributed by atoms with E-state index >= 15 is 0 Å². The van der Waals surface area contributed by atoms with Crippen molar-refractivity contribution in [3.8, 4) is 5.75 Å². The van der Waals surface area contributed by atoms with E-state index < -0.39 is 44.0 Å². The minimum atomic E-state index is -4.92. The van der Waals surface area contributed by atoms with Crippen molar-refractivity contribution in [2.24, 2.45) is 17.8 Å². The smallest absolute Gasteiger partial charge is 0.470 e. The Kier molecular flexibility index (Phi) is 9.83. The van der Waals surface area contributed by atoms with Gasteiger partial charge in [0, 0.05) is 35.7 Å². The van der Waals surface area contributed by atoms with Crippen LogP contribution >= 0.6 is 7.82 Å². The van der Waals surface area contributed by atoms with Crippen LogP contribution in [0.2, 0.25) is 0 Å². The number of phosphoric ester groups is 1. The molecule has 0 saturated carbocycles. The van der Waals surface area contributed by atoms with Crippen LogP contribution in [0.3, 0.4) is 0 Å². The van der Waals surface area contributed by atoms with Crippen LogP contribution in [0.4, 0.5) is 0 Å². The number of phosphoric acid groups is 1. The van der Waals surface area contributed by atoms with Gasteiger partial charge in [0.2, 0.25) is 11.8 Å². The molecule has 13 heteroatoms. The lowest BCUT2D eigenvalue weighted by Crippen LogP contribution is -2.47. The molecule has 3 rings (SSSR count). The van der Waals surface area contributed by atoms with Crippen LogP contribution in [0.15, 0.2) is 24.3 Å². The second-order valence-corrected chi connectivity index (χ2v) is 11.1. The van der Waals surface area contributed by atoms with Gasteiger partial charge in [-0.1, -0.05) is 19.9 Å². The number of fused-ring (bicyclic) bond motifs is 1. The number of benzene rings is 1. The lowest BCUT2D eigenvalue weighted by Gasteiger charge is -2.24. The summed E-state index contributed by atoms with van der Waals surface area (Å²) in [5.41, 5.74) is 1.03. The summed E-state index contributed by atoms with van der Waals surface area (Å²) in [4.78, 5) is 72.4. The molecular formula is C25H34N3O9P. The molecule has 208 valence electrons. The number of carbonyl (C=O) groups excluding carboxylic acids is 4. The number of nitrogens with one attached hydrogen (secondary N) is 3. The van der Waals surface area contributed by atoms with Gasteiger partial charge in [-0.2, -0.15) is 0 Å². The predicted octanol–water partition coefficient (Wildman–Crippen LogP) is 2.10. The van der Waals surface area contributed by atoms with Gasteiger partial charge in [0.1, 0.15) is 12.4 Å². The Balaban J connectivity index is 1.78. The minimum Gasteiger partial charge on any atom is -0.496 e. The average molecular weight is 552 g/mol. The number of Topliss-reactive ketones (excluding diaryl/α,β-unsaturated/α-hetero) is 2. The highest BCUT2D eigenvalue weighted by Gasteiger charge is 2.34. The zero-order chi connectivity index (χ0) is 28.0. The van der Waals surface area contributed by atoms with Crippen LogP contribution in [0.25, 0.3) is 10.9 Å². The summed E-state index contributed by atoms with van der Waals surface area (Å²) in [5.74, 6) is -2.59. The van der Waals surface area contributed by atoms with Gasteiger partial charge >= 0.3 is 7.82 Å². The number of carbonyl (C=O) groups is 4. The summed E-state index contributed by atoms with van der Waals surface area (Å²) < 4.78 is 20.8. The predicted molar refractivity (Wildman–Crippen MR) is 137 cm³/mol. The fraction of sp³-hybridized carbons (Fsp3) is 0.520. The van der Waals surface area contributed by atoms with E-state index in [0.29, 0.717) is 36.3 Å². The molecule has 1 aromatic carbocycles. The van der Waals surface area contributed by atoms with Crippen LogP contribution in [-0.4, -0.2) is 64.5 Å². The fourth-order valence-corrected chi connectivity index (χ4v) is 4.90. The standard InChI is InChI=1S/C25H34N3O9P/c1-14(2)9-16(11-21(29)20-12-17-18(27-20)5-4-6-23(17)36-3)25(32)28-19(10-15-7-8-26-24(15)31)22(30)13-37-38(33,34)35/h4-6,12,14-16,19,27H,7-11,13H2,1-3H3,(H,26,31)(H,28,32)(H2,33,34,35)/t15-,16?,19-/m0/s1. The summed E-state index contributed by atoms with van der Waals surface area (Å²) >= 11 is 0. The van der Waals surface area contributed by atoms with Gasteiger partial charge < -0.3 is 30.1 Å². The SMILES string of the molecule is COc1cccc2[nH]c(C(=O)CC(CC(C)C)C(=O)N[C@@H](C[C@@H]3CCNC3=O)C(=O)COP(=O)(O)O)cc12. The summed E-state index contributed by atoms with van der Waals surface area (Å²) in [6, 6.07) is 5.83. The van der Waals surface area contributed by atoms with Crippen molar-refractivity contribution in [2.75, 3.05) is 20.3 Å². The van der Waals surface area contributed by atoms with Crippen molar-refractivity contribution >= 4 is 42.1 Å². The van der Waals surface area contributed by atoms with Gasteiger partial charge in [-0.3, -0.25) is 23.7 Å². The van der Waals surface area contributed by atoms with Crippen LogP contribution < -0.4 is 15.4 Å². The van der Waals surface area contributed by atoms with Gasteiger partial charge in [-0.25, -0.2) is 4.57 Å². The molecule has 1 fully saturated rings. The lowest BCUT2D eigenvalue weighted by molar-refractivity contribution is -0.132. The molecule has 2 amide bonds. The van der Waals surface area contributed by atoms with Gasteiger partial charge in [0.15, 0.2) is 11.6 Å². The third kappa shape index (κ3) is 7.97. The van der Waals surface area contributed by atoms with Crippen molar-refractivity contribution in [1.29, 1.82) is 0 Å². The molecule has 2 aromatic rings. The largest absolute Gasteiger partial charge is 0.496 e. The van der Waals surface area contributed by atoms with Gasteiger partial charge in [0.25, 0.3) is 0 Å². The molecule has 2 heterocycles. The first-order valence-electron chi connectivity index (χ1n) is 12.4. The second kappa shape index (κ2) is 12.7. The van der Waals surface area contributed by atoms with E-state index in [1.807, 2.05) is 19.9 Å². The topological polar surface area (TPSA) is 184 Å². The third-order valence-electron chi connectivity index (χ3n) is 6.47. The van der Waals surface area contributed by atoms with E-state index in [0.717, 1.165) is 5.39 Å². The first-order chi connectivity index (χ1) is 17.9. The number of H-pyrrole nitrogens is 1. The quantitative estimate of drug-likeness (QED) is 0.173. The van der Waals surface area contributed by atoms with Crippen molar-refractivity contribution in [1.82, 2.24) is 15.6 Å². The average Bonchev–Trinajstić information content (AvgIpc) is 3.46. The van der Waals surface area contributed by atoms with E-state index in [4.69, 9.17) is 14.5 Å². The van der Waals surface area contributed by atoms with E-state index in [2.05, 4.69) is 20.1 Å². The first kappa shape index (κ1) is 29.5. The molecule has 1 aliphatic heterocycles. The Morgan fingerprint density at radius 3 is 2.58 bits per heavy atom. The van der Waals surface area contributed by atoms with Crippen LogP contribution in [0.5, 0.6) is 5.75 Å². The fourth-order valence-electron chi connectivity index (χ4n) is 4.60. The molecule has 38 heavy (non-hydrogen) atoms. The Morgan fingerprint density at radius 1 is 1.24 bits per heavy atom. The maximum atomic E-state index is 13.3. The van der Waals surface area contributed by atoms with Crippen molar-refractivity contribution in [3.63, 3.8) is 0 Å². The number of aromatic amines is 1. The van der Waals surface area contributed by atoms with E-state index in [1.54, 1.807) is 18.2 Å². The van der Waals surface area contributed by atoms with E-state index in [9.17, 15) is 23.7 Å². The zero-order valence-corrected chi connectivity index (χ0v) is 22.5. The maximum Gasteiger partial charge on any atom is 0.470 e. The zero-order valence-electron chi connectivity index (χ0n) is 21.6. The Morgan fingerprint density at radius 2 is 1.97 bits per heavy atom. The Hall–Kier alpha value is -3.05. The summed E-state index contributed by atoms with van der Waals surface area (Å²) in [6.45, 7) is 3.29. The number of hydrogen-bond acceptors (Lipinski definition) is 7. The number of rotatable bonds is 14. The van der Waals surface area contributed by atoms with Gasteiger partial charge in [-0.15, -0.1) is 0 Å². The van der Waals surface area contributed by atoms with Gasteiger partial charge in [0.05, 0.1) is 18.8 Å². The Labute approximate surface area is 220 Å². The van der Waals surface area contributed by atoms with Crippen molar-refractivity contribution in [3.05, 3.63) is 30.0 Å². The summed E-state index contributed by atoms with van der Waals surface area (Å²) in [5, 5.41) is 6.01. The highest BCUT2D eigenvalue weighted by Crippen LogP contribution is 2.35. The monoisotopic (exact) mass is 551 g/mol. The van der Waals surface area contributed by atoms with E-state index in [-0.39, 0.29) is 30.4 Å². The molecule has 0 radical (unpaired) electrons. The van der Waals surface area contributed by atoms with Crippen molar-refractivity contribution in [2.45, 2.75) is 45.6 Å². The van der Waals surface area contributed by atoms with E-state index in [1.165, 1.54) is 7.11 Å². The molecular weight excluding hydrogens is 517 g/mol. The lowest BCUT2D eigenvalue weighted by atomic mass is 9.89. The molecule has 0 spiro atoms. The van der Waals surface area contributed by atoms with Crippen LogP contribution in [0, 0.1) is 17.8 Å². The molecule has 3 atom stereocenters. The number of amides is 2. The van der Waals surface area contributed by atoms with Crippen molar-refractivity contribution < 1.29 is 42.8 Å². The number of hydrogen-bond donors (Lipinski definition) is 5. The Bertz CT molecular complexity index is 1240. The minimum absolute atomic E-state index is 0.0501. The molecule has 0 bridgehead atoms. The molecule has 1 saturated heterocycles. The van der Waals surface area contributed by atoms with Gasteiger partial charge in [-0.05, 0) is 43.4 Å². The first-order valence-corrected chi connectivity index (χ1v) is 13.9. The maximum absolute atomic E-state index is 13.3. The third-order valence-corrected chi connectivity index (χ3v) is 6.93. The molecule has 0 aliphatic carbocycles. The highest BCUT2D eigenvalue weighted by molar-refractivity contribution is 7.46. The second-order valence-electron chi connectivity index (χ2n) is 9.86. The molecule has 12 nitrogen and oxygen atoms in total. The molecule has 1 aliphatic rings. The van der Waals surface area contributed by atoms with Crippen LogP contribution in [-0.2, 0) is 23.5 Å². The molecule has 1 aromatic heterocycles. The summed E-state index contributed by atoms with van der Waals surface area (Å²) in [7, 11) is -3.39. The summed E-state index contributed by atoms with van der Waals surface area (Å²) in [6.07, 6.45) is 0.620. The normalized spacial score (nSPS) is 17.3.